The fourth-order valence-electron chi connectivity index (χ4n) is 3.13. The number of carbonyl (C=O) groups is 2. The number of carboxylic acid groups (broad SMARTS) is 1. The summed E-state index contributed by atoms with van der Waals surface area (Å²) in [5.74, 6) is -1.22. The summed E-state index contributed by atoms with van der Waals surface area (Å²) in [7, 11) is 0. The van der Waals surface area contributed by atoms with Crippen LogP contribution in [-0.4, -0.2) is 54.5 Å². The van der Waals surface area contributed by atoms with Gasteiger partial charge in [-0.25, -0.2) is 4.79 Å². The molecule has 10 heteroatoms. The van der Waals surface area contributed by atoms with E-state index in [0.29, 0.717) is 6.54 Å². The minimum Gasteiger partial charge on any atom is -0.489 e. The van der Waals surface area contributed by atoms with E-state index in [4.69, 9.17) is 4.74 Å². The first-order valence-electron chi connectivity index (χ1n) is 8.72. The Balaban J connectivity index is 2.56. The number of benzene rings is 1. The maximum absolute atomic E-state index is 12.9. The predicted molar refractivity (Wildman–Crippen MR) is 93.4 cm³/mol. The highest BCUT2D eigenvalue weighted by Gasteiger charge is 2.48. The van der Waals surface area contributed by atoms with Crippen LogP contribution in [0, 0.1) is 5.92 Å². The van der Waals surface area contributed by atoms with Gasteiger partial charge in [-0.2, -0.15) is 0 Å². The molecule has 28 heavy (non-hydrogen) atoms. The topological polar surface area (TPSA) is 88.1 Å². The number of amides is 1. The molecule has 1 aromatic carbocycles. The molecule has 0 saturated carbocycles. The second kappa shape index (κ2) is 8.26. The zero-order valence-electron chi connectivity index (χ0n) is 15.8. The third-order valence-electron chi connectivity index (χ3n) is 4.39. The number of rotatable bonds is 6. The van der Waals surface area contributed by atoms with Gasteiger partial charge in [0, 0.05) is 19.6 Å². The summed E-state index contributed by atoms with van der Waals surface area (Å²) < 4.78 is 48.2. The molecule has 1 amide bonds. The number of nitrogens with zero attached hydrogens (tertiary/aromatic N) is 1. The molecule has 7 nitrogen and oxygen atoms in total. The lowest BCUT2D eigenvalue weighted by molar-refractivity contribution is -0.275. The van der Waals surface area contributed by atoms with Crippen molar-refractivity contribution in [2.75, 3.05) is 26.2 Å². The summed E-state index contributed by atoms with van der Waals surface area (Å²) >= 11 is 0. The maximum Gasteiger partial charge on any atom is 0.573 e. The van der Waals surface area contributed by atoms with Crippen LogP contribution < -0.4 is 14.8 Å². The van der Waals surface area contributed by atoms with E-state index in [1.165, 1.54) is 19.1 Å². The van der Waals surface area contributed by atoms with Gasteiger partial charge in [0.15, 0.2) is 17.3 Å². The minimum atomic E-state index is -4.98. The van der Waals surface area contributed by atoms with E-state index in [2.05, 4.69) is 10.1 Å². The van der Waals surface area contributed by atoms with E-state index in [1.807, 2.05) is 13.8 Å². The summed E-state index contributed by atoms with van der Waals surface area (Å²) in [6.45, 7) is 5.30. The van der Waals surface area contributed by atoms with Crippen LogP contribution in [0.5, 0.6) is 11.5 Å². The third-order valence-corrected chi connectivity index (χ3v) is 4.39. The molecule has 0 aromatic heterocycles. The Morgan fingerprint density at radius 2 is 2.00 bits per heavy atom. The van der Waals surface area contributed by atoms with Crippen molar-refractivity contribution < 1.29 is 37.3 Å². The highest BCUT2D eigenvalue weighted by Crippen LogP contribution is 2.39. The molecule has 1 aliphatic rings. The number of hydrogen-bond donors (Lipinski definition) is 2. The van der Waals surface area contributed by atoms with E-state index >= 15 is 0 Å². The van der Waals surface area contributed by atoms with Crippen molar-refractivity contribution in [3.63, 3.8) is 0 Å². The van der Waals surface area contributed by atoms with Gasteiger partial charge in [-0.05, 0) is 30.5 Å². The number of ether oxygens (including phenoxy) is 2. The molecular formula is C18H23F3N2O5. The fourth-order valence-corrected chi connectivity index (χ4v) is 3.13. The summed E-state index contributed by atoms with van der Waals surface area (Å²) in [5, 5.41) is 12.5. The van der Waals surface area contributed by atoms with E-state index in [0.717, 1.165) is 11.0 Å². The van der Waals surface area contributed by atoms with Crippen LogP contribution >= 0.6 is 0 Å². The van der Waals surface area contributed by atoms with Crippen LogP contribution in [0.15, 0.2) is 18.2 Å². The minimum absolute atomic E-state index is 0.00990. The Morgan fingerprint density at radius 1 is 1.32 bits per heavy atom. The molecule has 1 heterocycles. The van der Waals surface area contributed by atoms with Crippen molar-refractivity contribution in [2.45, 2.75) is 32.7 Å². The first-order valence-corrected chi connectivity index (χ1v) is 8.72. The molecule has 1 atom stereocenters. The zero-order chi connectivity index (χ0) is 21.1. The summed E-state index contributed by atoms with van der Waals surface area (Å²) in [5.41, 5.74) is -1.59. The van der Waals surface area contributed by atoms with Crippen molar-refractivity contribution in [1.29, 1.82) is 0 Å². The molecule has 0 spiro atoms. The fraction of sp³-hybridized carbons (Fsp3) is 0.556. The van der Waals surface area contributed by atoms with Gasteiger partial charge in [0.25, 0.3) is 0 Å². The molecule has 2 rings (SSSR count). The normalized spacial score (nSPS) is 20.2. The summed E-state index contributed by atoms with van der Waals surface area (Å²) in [4.78, 5) is 25.1. The number of piperazine rings is 1. The van der Waals surface area contributed by atoms with Crippen molar-refractivity contribution in [1.82, 2.24) is 10.2 Å². The molecule has 1 unspecified atom stereocenters. The molecule has 1 fully saturated rings. The average molecular weight is 404 g/mol. The second-order valence-corrected chi connectivity index (χ2v) is 6.94. The molecule has 0 aliphatic carbocycles. The molecule has 0 bridgehead atoms. The lowest BCUT2D eigenvalue weighted by atomic mass is 9.82. The summed E-state index contributed by atoms with van der Waals surface area (Å²) in [6, 6.07) is 3.68. The Morgan fingerprint density at radius 3 is 2.54 bits per heavy atom. The number of alkyl halides is 3. The first-order chi connectivity index (χ1) is 13.0. The van der Waals surface area contributed by atoms with Crippen molar-refractivity contribution in [3.05, 3.63) is 23.8 Å². The van der Waals surface area contributed by atoms with Crippen LogP contribution in [0.3, 0.4) is 0 Å². The molecule has 1 aliphatic heterocycles. The van der Waals surface area contributed by atoms with E-state index in [9.17, 15) is 27.9 Å². The Bertz CT molecular complexity index is 738. The van der Waals surface area contributed by atoms with Crippen LogP contribution in [0.2, 0.25) is 0 Å². The lowest BCUT2D eigenvalue weighted by Crippen LogP contribution is -2.64. The van der Waals surface area contributed by atoms with Gasteiger partial charge in [0.1, 0.15) is 5.54 Å². The van der Waals surface area contributed by atoms with Gasteiger partial charge < -0.3 is 19.9 Å². The number of halogens is 3. The quantitative estimate of drug-likeness (QED) is 0.758. The molecule has 156 valence electrons. The Hall–Kier alpha value is -2.49. The van der Waals surface area contributed by atoms with Crippen molar-refractivity contribution in [3.8, 4) is 11.5 Å². The van der Waals surface area contributed by atoms with Gasteiger partial charge in [0.2, 0.25) is 0 Å². The van der Waals surface area contributed by atoms with Crippen molar-refractivity contribution in [2.24, 2.45) is 5.92 Å². The highest BCUT2D eigenvalue weighted by atomic mass is 19.4. The number of Topliss-reactive ketones (excluding diaryl/α,β-unsaturated/α-hetero) is 1. The number of ketones is 1. The third kappa shape index (κ3) is 4.67. The monoisotopic (exact) mass is 404 g/mol. The van der Waals surface area contributed by atoms with E-state index < -0.39 is 29.5 Å². The Kier molecular flexibility index (Phi) is 6.43. The SMILES string of the molecule is CC(=O)C1(c2ccc(OCC(C)C)c(OC(F)(F)F)c2)CNCCN1C(=O)O. The number of carbonyl (C=O) groups excluding carboxylic acids is 1. The smallest absolute Gasteiger partial charge is 0.489 e. The maximum atomic E-state index is 12.9. The standard InChI is InChI=1S/C18H23F3N2O5/c1-11(2)9-27-14-5-4-13(8-15(14)28-18(19,20)21)17(12(3)24)10-22-6-7-23(17)16(25)26/h4-5,8,11,22H,6-7,9-10H2,1-3H3,(H,25,26). The first kappa shape index (κ1) is 21.8. The zero-order valence-corrected chi connectivity index (χ0v) is 15.8. The van der Waals surface area contributed by atoms with Gasteiger partial charge in [0.05, 0.1) is 6.61 Å². The van der Waals surface area contributed by atoms with Gasteiger partial charge in [-0.3, -0.25) is 9.69 Å². The average Bonchev–Trinajstić information content (AvgIpc) is 2.58. The lowest BCUT2D eigenvalue weighted by Gasteiger charge is -2.44. The molecular weight excluding hydrogens is 381 g/mol. The highest BCUT2D eigenvalue weighted by molar-refractivity contribution is 5.91. The molecule has 2 N–H and O–H groups in total. The van der Waals surface area contributed by atoms with E-state index in [-0.39, 0.29) is 36.9 Å². The summed E-state index contributed by atoms with van der Waals surface area (Å²) in [6.07, 6.45) is -6.31. The number of nitrogens with one attached hydrogen (secondary N) is 1. The van der Waals surface area contributed by atoms with E-state index in [1.54, 1.807) is 0 Å². The van der Waals surface area contributed by atoms with Crippen LogP contribution in [0.4, 0.5) is 18.0 Å². The Labute approximate surface area is 160 Å². The van der Waals surface area contributed by atoms with Crippen LogP contribution in [-0.2, 0) is 10.3 Å². The second-order valence-electron chi connectivity index (χ2n) is 6.94. The van der Waals surface area contributed by atoms with Crippen LogP contribution in [0.25, 0.3) is 0 Å². The molecule has 1 saturated heterocycles. The largest absolute Gasteiger partial charge is 0.573 e. The molecule has 0 radical (unpaired) electrons. The van der Waals surface area contributed by atoms with Crippen molar-refractivity contribution >= 4 is 11.9 Å². The van der Waals surface area contributed by atoms with Gasteiger partial charge in [-0.15, -0.1) is 13.2 Å². The number of hydrogen-bond acceptors (Lipinski definition) is 5. The van der Waals surface area contributed by atoms with Gasteiger partial charge >= 0.3 is 12.5 Å². The molecule has 1 aromatic rings. The van der Waals surface area contributed by atoms with Crippen LogP contribution in [0.1, 0.15) is 26.3 Å². The van der Waals surface area contributed by atoms with Gasteiger partial charge in [-0.1, -0.05) is 19.9 Å². The predicted octanol–water partition coefficient (Wildman–Crippen LogP) is 2.99.